The van der Waals surface area contributed by atoms with E-state index in [-0.39, 0.29) is 24.2 Å². The summed E-state index contributed by atoms with van der Waals surface area (Å²) >= 11 is 0. The zero-order valence-corrected chi connectivity index (χ0v) is 14.2. The molecule has 6 nitrogen and oxygen atoms in total. The number of aliphatic hydroxyl groups excluding tert-OH is 1. The van der Waals surface area contributed by atoms with E-state index in [4.69, 9.17) is 18.9 Å². The lowest BCUT2D eigenvalue weighted by Gasteiger charge is -2.33. The van der Waals surface area contributed by atoms with Gasteiger partial charge in [0.1, 0.15) is 17.5 Å². The fourth-order valence-corrected chi connectivity index (χ4v) is 3.85. The summed E-state index contributed by atoms with van der Waals surface area (Å²) in [5.74, 6) is 1.28. The van der Waals surface area contributed by atoms with E-state index < -0.39 is 11.7 Å². The average Bonchev–Trinajstić information content (AvgIpc) is 2.86. The molecule has 24 heavy (non-hydrogen) atoms. The predicted octanol–water partition coefficient (Wildman–Crippen LogP) is 1.70. The van der Waals surface area contributed by atoms with Crippen LogP contribution in [0.4, 0.5) is 0 Å². The normalized spacial score (nSPS) is 31.2. The van der Waals surface area contributed by atoms with Crippen molar-refractivity contribution in [2.45, 2.75) is 24.5 Å². The van der Waals surface area contributed by atoms with E-state index in [0.717, 1.165) is 5.56 Å². The van der Waals surface area contributed by atoms with Gasteiger partial charge in [-0.25, -0.2) is 0 Å². The molecular weight excluding hydrogens is 312 g/mol. The van der Waals surface area contributed by atoms with Gasteiger partial charge in [0.15, 0.2) is 17.3 Å². The zero-order chi connectivity index (χ0) is 17.5. The number of methoxy groups -OCH3 is 3. The molecule has 0 radical (unpaired) electrons. The second-order valence-corrected chi connectivity index (χ2v) is 6.17. The average molecular weight is 334 g/mol. The SMILES string of the molecule is COc1cc(OC)c([C@H]2[C@H](C)[C@@H]3O[C@@]2(CO)C=CC3=O)cc1OC. The summed E-state index contributed by atoms with van der Waals surface area (Å²) in [6, 6.07) is 3.58. The molecule has 0 aliphatic carbocycles. The van der Waals surface area contributed by atoms with E-state index in [9.17, 15) is 9.90 Å². The topological polar surface area (TPSA) is 74.2 Å². The molecule has 1 N–H and O–H groups in total. The third-order valence-electron chi connectivity index (χ3n) is 5.00. The molecule has 0 saturated carbocycles. The van der Waals surface area contributed by atoms with E-state index in [1.54, 1.807) is 33.5 Å². The van der Waals surface area contributed by atoms with Crippen molar-refractivity contribution >= 4 is 5.78 Å². The number of fused-ring (bicyclic) bond motifs is 2. The molecule has 2 aliphatic heterocycles. The lowest BCUT2D eigenvalue weighted by molar-refractivity contribution is -0.133. The first-order chi connectivity index (χ1) is 11.5. The number of carbonyl (C=O) groups is 1. The minimum Gasteiger partial charge on any atom is -0.496 e. The molecule has 2 bridgehead atoms. The lowest BCUT2D eigenvalue weighted by Crippen LogP contribution is -2.40. The van der Waals surface area contributed by atoms with Crippen molar-refractivity contribution in [1.82, 2.24) is 0 Å². The third-order valence-corrected chi connectivity index (χ3v) is 5.00. The number of benzene rings is 1. The van der Waals surface area contributed by atoms with Crippen LogP contribution in [0, 0.1) is 5.92 Å². The highest BCUT2D eigenvalue weighted by atomic mass is 16.5. The Balaban J connectivity index is 2.17. The standard InChI is InChI=1S/C18H22O6/c1-10-16(18(9-19)6-5-12(20)17(10)24-18)11-7-14(22-3)15(23-4)8-13(11)21-2/h5-8,10,16-17,19H,9H2,1-4H3/t10-,16+,17-,18+/m0/s1. The van der Waals surface area contributed by atoms with Crippen molar-refractivity contribution < 1.29 is 28.8 Å². The van der Waals surface area contributed by atoms with Gasteiger partial charge in [-0.1, -0.05) is 6.92 Å². The smallest absolute Gasteiger partial charge is 0.184 e. The number of aliphatic hydroxyl groups is 1. The van der Waals surface area contributed by atoms with Gasteiger partial charge in [-0.3, -0.25) is 4.79 Å². The van der Waals surface area contributed by atoms with Crippen LogP contribution in [0.25, 0.3) is 0 Å². The van der Waals surface area contributed by atoms with Crippen molar-refractivity contribution in [3.05, 3.63) is 29.8 Å². The monoisotopic (exact) mass is 334 g/mol. The summed E-state index contributed by atoms with van der Waals surface area (Å²) in [4.78, 5) is 12.1. The Bertz CT molecular complexity index is 682. The molecule has 2 aliphatic rings. The summed E-state index contributed by atoms with van der Waals surface area (Å²) in [5.41, 5.74) is -0.122. The van der Waals surface area contributed by atoms with Gasteiger partial charge in [-0.2, -0.15) is 0 Å². The minimum atomic E-state index is -0.940. The molecule has 1 aromatic rings. The van der Waals surface area contributed by atoms with Crippen molar-refractivity contribution in [3.63, 3.8) is 0 Å². The molecule has 1 saturated heterocycles. The first-order valence-electron chi connectivity index (χ1n) is 7.83. The van der Waals surface area contributed by atoms with Gasteiger partial charge < -0.3 is 24.1 Å². The minimum absolute atomic E-state index is 0.0754. The Kier molecular flexibility index (Phi) is 4.27. The van der Waals surface area contributed by atoms with E-state index in [0.29, 0.717) is 17.2 Å². The molecule has 4 atom stereocenters. The maximum Gasteiger partial charge on any atom is 0.184 e. The molecule has 0 amide bonds. The second kappa shape index (κ2) is 6.11. The van der Waals surface area contributed by atoms with Crippen LogP contribution in [-0.4, -0.2) is 50.5 Å². The highest BCUT2D eigenvalue weighted by Crippen LogP contribution is 2.53. The maximum atomic E-state index is 12.1. The van der Waals surface area contributed by atoms with E-state index in [2.05, 4.69) is 0 Å². The molecule has 0 aromatic heterocycles. The lowest BCUT2D eigenvalue weighted by atomic mass is 9.76. The number of hydrogen-bond donors (Lipinski definition) is 1. The fourth-order valence-electron chi connectivity index (χ4n) is 3.85. The van der Waals surface area contributed by atoms with E-state index >= 15 is 0 Å². The van der Waals surface area contributed by atoms with Gasteiger partial charge >= 0.3 is 0 Å². The van der Waals surface area contributed by atoms with Crippen LogP contribution in [0.1, 0.15) is 18.4 Å². The zero-order valence-electron chi connectivity index (χ0n) is 14.2. The molecule has 1 fully saturated rings. The molecule has 2 heterocycles. The van der Waals surface area contributed by atoms with Crippen molar-refractivity contribution in [2.75, 3.05) is 27.9 Å². The van der Waals surface area contributed by atoms with Crippen molar-refractivity contribution in [2.24, 2.45) is 5.92 Å². The maximum absolute atomic E-state index is 12.1. The second-order valence-electron chi connectivity index (χ2n) is 6.17. The van der Waals surface area contributed by atoms with Crippen LogP contribution in [0.15, 0.2) is 24.3 Å². The van der Waals surface area contributed by atoms with Crippen LogP contribution in [-0.2, 0) is 9.53 Å². The van der Waals surface area contributed by atoms with Crippen LogP contribution in [0.3, 0.4) is 0 Å². The molecule has 6 heteroatoms. The molecular formula is C18H22O6. The summed E-state index contributed by atoms with van der Waals surface area (Å²) in [6.07, 6.45) is 2.61. The number of rotatable bonds is 5. The van der Waals surface area contributed by atoms with Gasteiger partial charge in [-0.15, -0.1) is 0 Å². The predicted molar refractivity (Wildman–Crippen MR) is 86.8 cm³/mol. The van der Waals surface area contributed by atoms with Gasteiger partial charge in [0.05, 0.1) is 27.9 Å². The summed E-state index contributed by atoms with van der Waals surface area (Å²) < 4.78 is 22.2. The largest absolute Gasteiger partial charge is 0.496 e. The Morgan fingerprint density at radius 1 is 1.12 bits per heavy atom. The summed E-state index contributed by atoms with van der Waals surface area (Å²) in [6.45, 7) is 1.73. The Hall–Kier alpha value is -2.05. The summed E-state index contributed by atoms with van der Waals surface area (Å²) in [5, 5.41) is 10.0. The molecule has 1 aromatic carbocycles. The molecule has 130 valence electrons. The van der Waals surface area contributed by atoms with E-state index in [1.165, 1.54) is 6.08 Å². The molecule has 0 spiro atoms. The van der Waals surface area contributed by atoms with Gasteiger partial charge in [0, 0.05) is 17.5 Å². The Labute approximate surface area is 141 Å². The van der Waals surface area contributed by atoms with E-state index in [1.807, 2.05) is 13.0 Å². The number of ether oxygens (including phenoxy) is 4. The van der Waals surface area contributed by atoms with Gasteiger partial charge in [-0.05, 0) is 24.1 Å². The van der Waals surface area contributed by atoms with Crippen molar-refractivity contribution in [1.29, 1.82) is 0 Å². The fraction of sp³-hybridized carbons (Fsp3) is 0.500. The van der Waals surface area contributed by atoms with Crippen LogP contribution in [0.5, 0.6) is 17.2 Å². The highest BCUT2D eigenvalue weighted by Gasteiger charge is 2.56. The quantitative estimate of drug-likeness (QED) is 0.883. The Morgan fingerprint density at radius 3 is 2.33 bits per heavy atom. The third kappa shape index (κ3) is 2.29. The first kappa shape index (κ1) is 16.8. The van der Waals surface area contributed by atoms with Crippen LogP contribution < -0.4 is 14.2 Å². The van der Waals surface area contributed by atoms with Crippen molar-refractivity contribution in [3.8, 4) is 17.2 Å². The molecule has 0 unspecified atom stereocenters. The van der Waals surface area contributed by atoms with Gasteiger partial charge in [0.25, 0.3) is 0 Å². The summed E-state index contributed by atoms with van der Waals surface area (Å²) in [7, 11) is 4.69. The Morgan fingerprint density at radius 2 is 1.75 bits per heavy atom. The number of ketones is 1. The molecule has 3 rings (SSSR count). The van der Waals surface area contributed by atoms with Crippen LogP contribution >= 0.6 is 0 Å². The van der Waals surface area contributed by atoms with Crippen LogP contribution in [0.2, 0.25) is 0 Å². The highest BCUT2D eigenvalue weighted by molar-refractivity contribution is 5.95. The first-order valence-corrected chi connectivity index (χ1v) is 7.83. The van der Waals surface area contributed by atoms with Gasteiger partial charge in [0.2, 0.25) is 0 Å². The number of carbonyl (C=O) groups excluding carboxylic acids is 1. The number of hydrogen-bond acceptors (Lipinski definition) is 6.